The van der Waals surface area contributed by atoms with Gasteiger partial charge in [0.05, 0.1) is 18.1 Å². The molecule has 0 unspecified atom stereocenters. The summed E-state index contributed by atoms with van der Waals surface area (Å²) >= 11 is 1.76. The first-order valence-corrected chi connectivity index (χ1v) is 11.9. The van der Waals surface area contributed by atoms with Crippen molar-refractivity contribution in [1.82, 2.24) is 4.98 Å². The Morgan fingerprint density at radius 3 is 2.43 bits per heavy atom. The predicted octanol–water partition coefficient (Wildman–Crippen LogP) is 7.17. The molecule has 28 heavy (non-hydrogen) atoms. The Labute approximate surface area is 174 Å². The molecule has 4 heteroatoms. The van der Waals surface area contributed by atoms with E-state index in [1.54, 1.807) is 11.3 Å². The molecule has 1 aliphatic rings. The lowest BCUT2D eigenvalue weighted by molar-refractivity contribution is -0.204. The number of thiophene rings is 1. The fraction of sp³-hybridized carbons (Fsp3) is 0.625. The second-order valence-corrected chi connectivity index (χ2v) is 9.03. The van der Waals surface area contributed by atoms with E-state index in [0.717, 1.165) is 24.5 Å². The van der Waals surface area contributed by atoms with Gasteiger partial charge in [0.25, 0.3) is 0 Å². The minimum absolute atomic E-state index is 0.202. The molecule has 1 fully saturated rings. The molecule has 0 radical (unpaired) electrons. The molecule has 0 saturated carbocycles. The maximum atomic E-state index is 6.01. The Morgan fingerprint density at radius 1 is 0.929 bits per heavy atom. The van der Waals surface area contributed by atoms with Crippen LogP contribution in [0.2, 0.25) is 0 Å². The SMILES string of the molecule is CCCCCCc1ccc(-c2ccc([C@H]3OC[C@H](CCCCC)CO3)s2)cn1. The van der Waals surface area contributed by atoms with E-state index in [2.05, 4.69) is 43.1 Å². The highest BCUT2D eigenvalue weighted by atomic mass is 32.1. The maximum absolute atomic E-state index is 6.01. The van der Waals surface area contributed by atoms with Crippen molar-refractivity contribution in [2.45, 2.75) is 77.9 Å². The molecule has 0 aliphatic carbocycles. The molecular formula is C24H35NO2S. The zero-order valence-corrected chi connectivity index (χ0v) is 18.3. The number of aromatic nitrogens is 1. The lowest BCUT2D eigenvalue weighted by Crippen LogP contribution is -2.26. The highest BCUT2D eigenvalue weighted by Crippen LogP contribution is 2.35. The van der Waals surface area contributed by atoms with Gasteiger partial charge in [0.2, 0.25) is 0 Å². The van der Waals surface area contributed by atoms with Gasteiger partial charge >= 0.3 is 0 Å². The van der Waals surface area contributed by atoms with Crippen molar-refractivity contribution in [3.05, 3.63) is 41.0 Å². The quantitative estimate of drug-likeness (QED) is 0.374. The number of nitrogens with zero attached hydrogens (tertiary/aromatic N) is 1. The standard InChI is InChI=1S/C24H35NO2S/c1-3-5-7-9-11-21-13-12-20(16-25-21)22-14-15-23(28-22)24-26-17-19(18-27-24)10-8-6-4-2/h12-16,19,24H,3-11,17-18H2,1-2H3/t19-,24-. The van der Waals surface area contributed by atoms with Crippen molar-refractivity contribution < 1.29 is 9.47 Å². The van der Waals surface area contributed by atoms with Crippen LogP contribution in [0.15, 0.2) is 30.5 Å². The van der Waals surface area contributed by atoms with Crippen LogP contribution < -0.4 is 0 Å². The first-order valence-electron chi connectivity index (χ1n) is 11.1. The maximum Gasteiger partial charge on any atom is 0.193 e. The lowest BCUT2D eigenvalue weighted by atomic mass is 10.0. The Kier molecular flexibility index (Phi) is 8.97. The van der Waals surface area contributed by atoms with Gasteiger partial charge in [0.1, 0.15) is 0 Å². The summed E-state index contributed by atoms with van der Waals surface area (Å²) in [6.07, 6.45) is 13.1. The summed E-state index contributed by atoms with van der Waals surface area (Å²) < 4.78 is 12.0. The summed E-state index contributed by atoms with van der Waals surface area (Å²) in [5, 5.41) is 0. The monoisotopic (exact) mass is 401 g/mol. The zero-order chi connectivity index (χ0) is 19.6. The van der Waals surface area contributed by atoms with Crippen LogP contribution in [0.3, 0.4) is 0 Å². The van der Waals surface area contributed by atoms with Gasteiger partial charge in [-0.1, -0.05) is 58.4 Å². The first-order chi connectivity index (χ1) is 13.8. The molecule has 1 saturated heterocycles. The van der Waals surface area contributed by atoms with Gasteiger partial charge in [-0.05, 0) is 37.5 Å². The van der Waals surface area contributed by atoms with Crippen LogP contribution in [0.4, 0.5) is 0 Å². The fourth-order valence-corrected chi connectivity index (χ4v) is 4.64. The van der Waals surface area contributed by atoms with Crippen LogP contribution in [-0.2, 0) is 15.9 Å². The molecule has 0 aromatic carbocycles. The highest BCUT2D eigenvalue weighted by Gasteiger charge is 2.24. The second-order valence-electron chi connectivity index (χ2n) is 7.91. The Hall–Kier alpha value is -1.23. The molecule has 1 aliphatic heterocycles. The molecule has 0 spiro atoms. The molecule has 3 nitrogen and oxygen atoms in total. The zero-order valence-electron chi connectivity index (χ0n) is 17.5. The molecule has 0 amide bonds. The lowest BCUT2D eigenvalue weighted by Gasteiger charge is -2.28. The van der Waals surface area contributed by atoms with Crippen LogP contribution in [0, 0.1) is 5.92 Å². The predicted molar refractivity (Wildman–Crippen MR) is 118 cm³/mol. The Bertz CT molecular complexity index is 674. The normalized spacial score (nSPS) is 19.8. The van der Waals surface area contributed by atoms with E-state index in [4.69, 9.17) is 9.47 Å². The number of hydrogen-bond donors (Lipinski definition) is 0. The Morgan fingerprint density at radius 2 is 1.71 bits per heavy atom. The summed E-state index contributed by atoms with van der Waals surface area (Å²) in [6.45, 7) is 6.12. The number of rotatable bonds is 11. The summed E-state index contributed by atoms with van der Waals surface area (Å²) in [5.41, 5.74) is 2.38. The molecule has 0 N–H and O–H groups in total. The van der Waals surface area contributed by atoms with Crippen molar-refractivity contribution in [1.29, 1.82) is 0 Å². The molecule has 2 aromatic rings. The van der Waals surface area contributed by atoms with Gasteiger partial charge in [0.15, 0.2) is 6.29 Å². The average Bonchev–Trinajstić information content (AvgIpc) is 3.23. The third kappa shape index (κ3) is 6.40. The number of hydrogen-bond acceptors (Lipinski definition) is 4. The van der Waals surface area contributed by atoms with Crippen LogP contribution in [0.1, 0.15) is 82.1 Å². The fourth-order valence-electron chi connectivity index (χ4n) is 3.64. The molecule has 154 valence electrons. The molecule has 3 heterocycles. The van der Waals surface area contributed by atoms with E-state index in [1.165, 1.54) is 67.5 Å². The van der Waals surface area contributed by atoms with Crippen molar-refractivity contribution in [2.75, 3.05) is 13.2 Å². The number of pyridine rings is 1. The number of ether oxygens (including phenoxy) is 2. The van der Waals surface area contributed by atoms with E-state index in [0.29, 0.717) is 5.92 Å². The van der Waals surface area contributed by atoms with E-state index in [9.17, 15) is 0 Å². The van der Waals surface area contributed by atoms with Gasteiger partial charge in [-0.2, -0.15) is 0 Å². The third-order valence-electron chi connectivity index (χ3n) is 5.44. The summed E-state index contributed by atoms with van der Waals surface area (Å²) in [4.78, 5) is 7.06. The number of aryl methyl sites for hydroxylation is 1. The van der Waals surface area contributed by atoms with Crippen molar-refractivity contribution in [3.8, 4) is 10.4 Å². The van der Waals surface area contributed by atoms with Gasteiger partial charge in [-0.3, -0.25) is 4.98 Å². The smallest absolute Gasteiger partial charge is 0.193 e. The largest absolute Gasteiger partial charge is 0.347 e. The minimum atomic E-state index is -0.202. The van der Waals surface area contributed by atoms with Crippen LogP contribution in [0.5, 0.6) is 0 Å². The summed E-state index contributed by atoms with van der Waals surface area (Å²) in [7, 11) is 0. The van der Waals surface area contributed by atoms with E-state index < -0.39 is 0 Å². The van der Waals surface area contributed by atoms with E-state index >= 15 is 0 Å². The van der Waals surface area contributed by atoms with Crippen LogP contribution in [0.25, 0.3) is 10.4 Å². The second kappa shape index (κ2) is 11.7. The van der Waals surface area contributed by atoms with Crippen molar-refractivity contribution in [3.63, 3.8) is 0 Å². The van der Waals surface area contributed by atoms with Gasteiger partial charge < -0.3 is 9.47 Å². The minimum Gasteiger partial charge on any atom is -0.347 e. The van der Waals surface area contributed by atoms with Crippen LogP contribution in [-0.4, -0.2) is 18.2 Å². The Balaban J connectivity index is 1.49. The van der Waals surface area contributed by atoms with E-state index in [-0.39, 0.29) is 6.29 Å². The number of unbranched alkanes of at least 4 members (excludes halogenated alkanes) is 5. The molecule has 0 bridgehead atoms. The van der Waals surface area contributed by atoms with Gasteiger partial charge in [0, 0.05) is 28.2 Å². The van der Waals surface area contributed by atoms with E-state index in [1.807, 2.05) is 6.20 Å². The molecule has 3 rings (SSSR count). The van der Waals surface area contributed by atoms with Crippen molar-refractivity contribution in [2.24, 2.45) is 5.92 Å². The molecule has 2 aromatic heterocycles. The van der Waals surface area contributed by atoms with Gasteiger partial charge in [-0.25, -0.2) is 0 Å². The van der Waals surface area contributed by atoms with Gasteiger partial charge in [-0.15, -0.1) is 11.3 Å². The average molecular weight is 402 g/mol. The van der Waals surface area contributed by atoms with Crippen LogP contribution >= 0.6 is 11.3 Å². The van der Waals surface area contributed by atoms with Crippen molar-refractivity contribution >= 4 is 11.3 Å². The highest BCUT2D eigenvalue weighted by molar-refractivity contribution is 7.15. The molecule has 0 atom stereocenters. The first kappa shape index (κ1) is 21.5. The molecular weight excluding hydrogens is 366 g/mol. The summed E-state index contributed by atoms with van der Waals surface area (Å²) in [5.74, 6) is 0.552. The topological polar surface area (TPSA) is 31.4 Å². The third-order valence-corrected chi connectivity index (χ3v) is 6.59. The summed E-state index contributed by atoms with van der Waals surface area (Å²) in [6, 6.07) is 8.68.